The van der Waals surface area contributed by atoms with Crippen LogP contribution in [0.25, 0.3) is 5.69 Å². The number of rotatable bonds is 5. The highest BCUT2D eigenvalue weighted by molar-refractivity contribution is 6.33. The molecule has 3 aromatic rings. The van der Waals surface area contributed by atoms with Gasteiger partial charge in [-0.1, -0.05) is 23.7 Å². The van der Waals surface area contributed by atoms with Gasteiger partial charge in [0.15, 0.2) is 0 Å². The summed E-state index contributed by atoms with van der Waals surface area (Å²) in [7, 11) is 0. The lowest BCUT2D eigenvalue weighted by Crippen LogP contribution is -2.41. The maximum Gasteiger partial charge on any atom is 0.253 e. The highest BCUT2D eigenvalue weighted by Crippen LogP contribution is 2.15. The zero-order valence-corrected chi connectivity index (χ0v) is 14.5. The largest absolute Gasteiger partial charge is 0.340 e. The highest BCUT2D eigenvalue weighted by Gasteiger charge is 2.18. The second-order valence-electron chi connectivity index (χ2n) is 5.47. The van der Waals surface area contributed by atoms with E-state index in [-0.39, 0.29) is 5.91 Å². The molecule has 0 aliphatic carbocycles. The summed E-state index contributed by atoms with van der Waals surface area (Å²) in [6.07, 6.45) is 1.47. The van der Waals surface area contributed by atoms with E-state index in [1.165, 1.54) is 11.0 Å². The molecule has 132 valence electrons. The average Bonchev–Trinajstić information content (AvgIpc) is 3.17. The van der Waals surface area contributed by atoms with E-state index in [4.69, 9.17) is 11.6 Å². The first-order chi connectivity index (χ1) is 12.5. The molecule has 0 radical (unpaired) electrons. The smallest absolute Gasteiger partial charge is 0.253 e. The summed E-state index contributed by atoms with van der Waals surface area (Å²) >= 11 is 5.99. The molecule has 1 heterocycles. The van der Waals surface area contributed by atoms with Crippen molar-refractivity contribution in [3.63, 3.8) is 0 Å². The molecule has 0 unspecified atom stereocenters. The second-order valence-corrected chi connectivity index (χ2v) is 5.87. The van der Waals surface area contributed by atoms with Gasteiger partial charge in [0.25, 0.3) is 5.91 Å². The molecule has 0 saturated heterocycles. The minimum Gasteiger partial charge on any atom is -0.340 e. The topological polar surface area (TPSA) is 102 Å². The van der Waals surface area contributed by atoms with Crippen LogP contribution in [-0.2, 0) is 4.79 Å². The van der Waals surface area contributed by atoms with Crippen molar-refractivity contribution in [2.45, 2.75) is 13.0 Å². The van der Waals surface area contributed by atoms with Gasteiger partial charge in [0.05, 0.1) is 16.3 Å². The number of hydrogen-bond donors (Lipinski definition) is 2. The fourth-order valence-electron chi connectivity index (χ4n) is 2.21. The highest BCUT2D eigenvalue weighted by atomic mass is 35.5. The quantitative estimate of drug-likeness (QED) is 0.715. The Morgan fingerprint density at radius 1 is 1.12 bits per heavy atom. The van der Waals surface area contributed by atoms with Gasteiger partial charge in [0, 0.05) is 5.69 Å². The Balaban J connectivity index is 1.60. The van der Waals surface area contributed by atoms with Crippen LogP contribution in [-0.4, -0.2) is 38.1 Å². The van der Waals surface area contributed by atoms with Gasteiger partial charge >= 0.3 is 0 Å². The van der Waals surface area contributed by atoms with Crippen molar-refractivity contribution in [3.8, 4) is 5.69 Å². The van der Waals surface area contributed by atoms with Crippen molar-refractivity contribution in [1.29, 1.82) is 0 Å². The lowest BCUT2D eigenvalue weighted by molar-refractivity contribution is -0.117. The summed E-state index contributed by atoms with van der Waals surface area (Å²) < 4.78 is 1.50. The van der Waals surface area contributed by atoms with Crippen molar-refractivity contribution in [3.05, 3.63) is 65.4 Å². The Morgan fingerprint density at radius 3 is 2.50 bits per heavy atom. The standard InChI is InChI=1S/C17H15ClN6O2/c1-11(20-17(26)14-4-2-3-5-15(14)18)16(25)21-12-6-8-13(9-7-12)24-10-19-22-23-24/h2-11H,1H3,(H,20,26)(H,21,25)/t11-/m1/s1. The van der Waals surface area contributed by atoms with Crippen molar-refractivity contribution in [2.75, 3.05) is 5.32 Å². The van der Waals surface area contributed by atoms with E-state index < -0.39 is 11.9 Å². The van der Waals surface area contributed by atoms with Gasteiger partial charge in [0.1, 0.15) is 12.4 Å². The maximum absolute atomic E-state index is 12.3. The summed E-state index contributed by atoms with van der Waals surface area (Å²) in [6.45, 7) is 1.60. The number of nitrogens with zero attached hydrogens (tertiary/aromatic N) is 4. The van der Waals surface area contributed by atoms with Gasteiger partial charge in [-0.15, -0.1) is 5.10 Å². The summed E-state index contributed by atoms with van der Waals surface area (Å²) in [4.78, 5) is 24.5. The van der Waals surface area contributed by atoms with Gasteiger partial charge in [-0.25, -0.2) is 4.68 Å². The lowest BCUT2D eigenvalue weighted by atomic mass is 10.2. The minimum absolute atomic E-state index is 0.319. The molecule has 1 atom stereocenters. The lowest BCUT2D eigenvalue weighted by Gasteiger charge is -2.15. The van der Waals surface area contributed by atoms with Crippen LogP contribution >= 0.6 is 11.6 Å². The number of halogens is 1. The normalized spacial score (nSPS) is 11.6. The van der Waals surface area contributed by atoms with E-state index >= 15 is 0 Å². The van der Waals surface area contributed by atoms with Crippen molar-refractivity contribution >= 4 is 29.1 Å². The molecule has 0 aliphatic rings. The minimum atomic E-state index is -0.738. The molecule has 9 heteroatoms. The van der Waals surface area contributed by atoms with E-state index in [9.17, 15) is 9.59 Å². The van der Waals surface area contributed by atoms with Crippen LogP contribution in [0.2, 0.25) is 5.02 Å². The molecule has 2 aromatic carbocycles. The van der Waals surface area contributed by atoms with E-state index in [1.54, 1.807) is 55.5 Å². The van der Waals surface area contributed by atoms with Crippen molar-refractivity contribution in [2.24, 2.45) is 0 Å². The summed E-state index contributed by atoms with van der Waals surface area (Å²) in [5.74, 6) is -0.757. The van der Waals surface area contributed by atoms with E-state index in [0.717, 1.165) is 5.69 Å². The molecule has 1 aromatic heterocycles. The molecule has 0 fully saturated rings. The van der Waals surface area contributed by atoms with E-state index in [2.05, 4.69) is 26.2 Å². The molecule has 8 nitrogen and oxygen atoms in total. The van der Waals surface area contributed by atoms with Gasteiger partial charge in [-0.2, -0.15) is 0 Å². The SMILES string of the molecule is C[C@@H](NC(=O)c1ccccc1Cl)C(=O)Nc1ccc(-n2cnnn2)cc1. The van der Waals surface area contributed by atoms with Crippen LogP contribution in [0.1, 0.15) is 17.3 Å². The van der Waals surface area contributed by atoms with Crippen molar-refractivity contribution < 1.29 is 9.59 Å². The monoisotopic (exact) mass is 370 g/mol. The molecule has 26 heavy (non-hydrogen) atoms. The van der Waals surface area contributed by atoms with Gasteiger partial charge in [-0.05, 0) is 53.7 Å². The molecule has 0 aliphatic heterocycles. The van der Waals surface area contributed by atoms with Crippen LogP contribution in [0.4, 0.5) is 5.69 Å². The Labute approximate surface area is 154 Å². The molecule has 0 saturated carbocycles. The summed E-state index contributed by atoms with van der Waals surface area (Å²) in [5.41, 5.74) is 1.67. The number of carbonyl (C=O) groups is 2. The maximum atomic E-state index is 12.3. The van der Waals surface area contributed by atoms with Crippen LogP contribution in [0.15, 0.2) is 54.9 Å². The zero-order valence-electron chi connectivity index (χ0n) is 13.8. The number of anilines is 1. The molecular weight excluding hydrogens is 356 g/mol. The number of aromatic nitrogens is 4. The number of amides is 2. The van der Waals surface area contributed by atoms with E-state index in [0.29, 0.717) is 16.3 Å². The Bertz CT molecular complexity index is 911. The molecule has 0 bridgehead atoms. The number of carbonyl (C=O) groups excluding carboxylic acids is 2. The van der Waals surface area contributed by atoms with Crippen LogP contribution in [0.3, 0.4) is 0 Å². The average molecular weight is 371 g/mol. The first-order valence-corrected chi connectivity index (χ1v) is 8.12. The van der Waals surface area contributed by atoms with Gasteiger partial charge in [0.2, 0.25) is 5.91 Å². The summed E-state index contributed by atoms with van der Waals surface area (Å²) in [6, 6.07) is 12.9. The Hall–Kier alpha value is -3.26. The Kier molecular flexibility index (Phi) is 5.23. The first kappa shape index (κ1) is 17.6. The number of nitrogens with one attached hydrogen (secondary N) is 2. The third-order valence-electron chi connectivity index (χ3n) is 3.61. The molecule has 2 amide bonds. The van der Waals surface area contributed by atoms with Crippen LogP contribution < -0.4 is 10.6 Å². The fraction of sp³-hybridized carbons (Fsp3) is 0.118. The van der Waals surface area contributed by atoms with Crippen LogP contribution in [0.5, 0.6) is 0 Å². The molecule has 0 spiro atoms. The summed E-state index contributed by atoms with van der Waals surface area (Å²) in [5, 5.41) is 16.6. The third kappa shape index (κ3) is 4.04. The van der Waals surface area contributed by atoms with E-state index in [1.807, 2.05) is 0 Å². The van der Waals surface area contributed by atoms with Crippen LogP contribution in [0, 0.1) is 0 Å². The number of benzene rings is 2. The second kappa shape index (κ2) is 7.75. The van der Waals surface area contributed by atoms with Gasteiger partial charge in [-0.3, -0.25) is 9.59 Å². The fourth-order valence-corrected chi connectivity index (χ4v) is 2.43. The predicted octanol–water partition coefficient (Wildman–Crippen LogP) is 2.07. The third-order valence-corrected chi connectivity index (χ3v) is 3.94. The molecule has 2 N–H and O–H groups in total. The Morgan fingerprint density at radius 2 is 1.85 bits per heavy atom. The number of tetrazole rings is 1. The molecule has 3 rings (SSSR count). The van der Waals surface area contributed by atoms with Gasteiger partial charge < -0.3 is 10.6 Å². The predicted molar refractivity (Wildman–Crippen MR) is 96.2 cm³/mol. The number of hydrogen-bond acceptors (Lipinski definition) is 5. The first-order valence-electron chi connectivity index (χ1n) is 7.74. The van der Waals surface area contributed by atoms with Crippen molar-refractivity contribution in [1.82, 2.24) is 25.5 Å². The zero-order chi connectivity index (χ0) is 18.5. The molecular formula is C17H15ClN6O2.